The van der Waals surface area contributed by atoms with E-state index in [1.807, 2.05) is 0 Å². The van der Waals surface area contributed by atoms with Crippen LogP contribution in [0.2, 0.25) is 0 Å². The van der Waals surface area contributed by atoms with Crippen molar-refractivity contribution >= 4 is 17.5 Å². The van der Waals surface area contributed by atoms with Crippen LogP contribution in [0, 0.1) is 0 Å². The predicted molar refractivity (Wildman–Crippen MR) is 66.6 cm³/mol. The lowest BCUT2D eigenvalue weighted by Crippen LogP contribution is -2.27. The number of nitrogens with zero attached hydrogens (tertiary/aromatic N) is 5. The van der Waals surface area contributed by atoms with Gasteiger partial charge in [0.15, 0.2) is 0 Å². The zero-order valence-corrected chi connectivity index (χ0v) is 10.9. The van der Waals surface area contributed by atoms with Crippen LogP contribution >= 0.6 is 0 Å². The van der Waals surface area contributed by atoms with Gasteiger partial charge in [-0.05, 0) is 20.8 Å². The van der Waals surface area contributed by atoms with Crippen LogP contribution in [-0.4, -0.2) is 31.7 Å². The van der Waals surface area contributed by atoms with Crippen molar-refractivity contribution in [1.82, 2.24) is 20.0 Å². The zero-order valence-electron chi connectivity index (χ0n) is 10.9. The highest BCUT2D eigenvalue weighted by Crippen LogP contribution is 2.16. The van der Waals surface area contributed by atoms with Gasteiger partial charge in [-0.2, -0.15) is 14.9 Å². The van der Waals surface area contributed by atoms with Crippen LogP contribution < -0.4 is 0 Å². The molecule has 2 aromatic rings. The molecule has 0 aliphatic heterocycles. The van der Waals surface area contributed by atoms with Gasteiger partial charge in [0.25, 0.3) is 0 Å². The van der Waals surface area contributed by atoms with E-state index < -0.39 is 11.7 Å². The molecule has 0 aliphatic rings. The number of ether oxygens (including phenoxy) is 1. The summed E-state index contributed by atoms with van der Waals surface area (Å²) in [6.45, 7) is 5.36. The Morgan fingerprint density at radius 1 is 1.32 bits per heavy atom. The lowest BCUT2D eigenvalue weighted by molar-refractivity contribution is 0.0514. The standard InChI is InChI=1S/C11H14N6O2/c1-11(2,3)19-10(18)17-7-9(6-14-17)16-15-8-4-12-13-5-8/h4-7H,1-3H3,(H,12,13). The van der Waals surface area contributed by atoms with E-state index in [1.165, 1.54) is 18.6 Å². The summed E-state index contributed by atoms with van der Waals surface area (Å²) in [4.78, 5) is 11.7. The fraction of sp³-hybridized carbons (Fsp3) is 0.364. The first kappa shape index (κ1) is 12.9. The SMILES string of the molecule is CC(C)(C)OC(=O)n1cc(N=Nc2cn[nH]c2)cn1. The Labute approximate surface area is 109 Å². The van der Waals surface area contributed by atoms with Gasteiger partial charge in [0.1, 0.15) is 17.0 Å². The van der Waals surface area contributed by atoms with Gasteiger partial charge < -0.3 is 4.74 Å². The normalized spacial score (nSPS) is 11.9. The average Bonchev–Trinajstić information content (AvgIpc) is 2.96. The Morgan fingerprint density at radius 2 is 2.05 bits per heavy atom. The largest absolute Gasteiger partial charge is 0.442 e. The van der Waals surface area contributed by atoms with Crippen LogP contribution in [0.1, 0.15) is 20.8 Å². The van der Waals surface area contributed by atoms with Gasteiger partial charge >= 0.3 is 6.09 Å². The molecule has 0 aliphatic carbocycles. The zero-order chi connectivity index (χ0) is 13.9. The van der Waals surface area contributed by atoms with Crippen LogP contribution in [0.5, 0.6) is 0 Å². The third-order valence-corrected chi connectivity index (χ3v) is 1.91. The number of carbonyl (C=O) groups excluding carboxylic acids is 1. The Bertz CT molecular complexity index is 579. The molecule has 0 unspecified atom stereocenters. The van der Waals surface area contributed by atoms with Crippen LogP contribution in [-0.2, 0) is 4.74 Å². The van der Waals surface area contributed by atoms with E-state index in [4.69, 9.17) is 4.74 Å². The summed E-state index contributed by atoms with van der Waals surface area (Å²) in [5.41, 5.74) is 0.471. The van der Waals surface area contributed by atoms with Crippen molar-refractivity contribution < 1.29 is 9.53 Å². The summed E-state index contributed by atoms with van der Waals surface area (Å²) in [7, 11) is 0. The third-order valence-electron chi connectivity index (χ3n) is 1.91. The molecule has 2 rings (SSSR count). The summed E-state index contributed by atoms with van der Waals surface area (Å²) in [6, 6.07) is 0. The second-order valence-electron chi connectivity index (χ2n) is 4.78. The first-order valence-electron chi connectivity index (χ1n) is 5.62. The van der Waals surface area contributed by atoms with E-state index in [2.05, 4.69) is 25.5 Å². The van der Waals surface area contributed by atoms with E-state index in [0.29, 0.717) is 11.4 Å². The lowest BCUT2D eigenvalue weighted by atomic mass is 10.2. The molecule has 0 atom stereocenters. The third kappa shape index (κ3) is 3.73. The number of hydrogen-bond donors (Lipinski definition) is 1. The highest BCUT2D eigenvalue weighted by molar-refractivity contribution is 5.70. The quantitative estimate of drug-likeness (QED) is 0.841. The molecule has 8 heteroatoms. The molecule has 2 heterocycles. The van der Waals surface area contributed by atoms with Gasteiger partial charge in [-0.15, -0.1) is 10.2 Å². The number of rotatable bonds is 2. The Morgan fingerprint density at radius 3 is 2.68 bits per heavy atom. The average molecular weight is 262 g/mol. The molecule has 0 fully saturated rings. The fourth-order valence-electron chi connectivity index (χ4n) is 1.19. The summed E-state index contributed by atoms with van der Waals surface area (Å²) in [5, 5.41) is 18.0. The van der Waals surface area contributed by atoms with Crippen LogP contribution in [0.15, 0.2) is 35.0 Å². The second kappa shape index (κ2) is 5.01. The Balaban J connectivity index is 2.05. The maximum absolute atomic E-state index is 11.7. The number of nitrogens with one attached hydrogen (secondary N) is 1. The van der Waals surface area contributed by atoms with E-state index in [-0.39, 0.29) is 0 Å². The molecule has 0 saturated heterocycles. The predicted octanol–water partition coefficient (Wildman–Crippen LogP) is 2.80. The maximum Gasteiger partial charge on any atom is 0.435 e. The number of aromatic nitrogens is 4. The van der Waals surface area contributed by atoms with Gasteiger partial charge in [0.2, 0.25) is 0 Å². The topological polar surface area (TPSA) is 97.5 Å². The number of azo groups is 1. The van der Waals surface area contributed by atoms with E-state index in [0.717, 1.165) is 4.68 Å². The van der Waals surface area contributed by atoms with Crippen molar-refractivity contribution in [2.45, 2.75) is 26.4 Å². The summed E-state index contributed by atoms with van der Waals surface area (Å²) in [6.07, 6.45) is 5.44. The molecular weight excluding hydrogens is 248 g/mol. The van der Waals surface area contributed by atoms with E-state index >= 15 is 0 Å². The smallest absolute Gasteiger partial charge is 0.435 e. The Kier molecular flexibility index (Phi) is 3.41. The number of carbonyl (C=O) groups is 1. The Hall–Kier alpha value is -2.51. The second-order valence-corrected chi connectivity index (χ2v) is 4.78. The van der Waals surface area contributed by atoms with Gasteiger partial charge in [-0.3, -0.25) is 5.10 Å². The fourth-order valence-corrected chi connectivity index (χ4v) is 1.19. The minimum absolute atomic E-state index is 0.451. The molecule has 100 valence electrons. The molecule has 0 spiro atoms. The molecule has 0 aromatic carbocycles. The molecule has 0 saturated carbocycles. The van der Waals surface area contributed by atoms with Crippen LogP contribution in [0.25, 0.3) is 0 Å². The number of hydrogen-bond acceptors (Lipinski definition) is 6. The molecular formula is C11H14N6O2. The van der Waals surface area contributed by atoms with Crippen molar-refractivity contribution in [3.8, 4) is 0 Å². The van der Waals surface area contributed by atoms with E-state index in [9.17, 15) is 4.79 Å². The summed E-state index contributed by atoms with van der Waals surface area (Å²) in [5.74, 6) is 0. The summed E-state index contributed by atoms with van der Waals surface area (Å²) >= 11 is 0. The minimum atomic E-state index is -0.568. The van der Waals surface area contributed by atoms with Crippen molar-refractivity contribution in [1.29, 1.82) is 0 Å². The molecule has 0 bridgehead atoms. The van der Waals surface area contributed by atoms with Gasteiger partial charge in [-0.1, -0.05) is 0 Å². The number of H-pyrrole nitrogens is 1. The number of aromatic amines is 1. The highest BCUT2D eigenvalue weighted by Gasteiger charge is 2.18. The first-order chi connectivity index (χ1) is 8.94. The molecule has 0 radical (unpaired) electrons. The summed E-state index contributed by atoms with van der Waals surface area (Å²) < 4.78 is 6.24. The van der Waals surface area contributed by atoms with Crippen molar-refractivity contribution in [2.75, 3.05) is 0 Å². The van der Waals surface area contributed by atoms with Crippen LogP contribution in [0.4, 0.5) is 16.2 Å². The van der Waals surface area contributed by atoms with Gasteiger partial charge in [0.05, 0.1) is 18.6 Å². The maximum atomic E-state index is 11.7. The van der Waals surface area contributed by atoms with E-state index in [1.54, 1.807) is 27.0 Å². The molecule has 1 N–H and O–H groups in total. The van der Waals surface area contributed by atoms with Crippen molar-refractivity contribution in [3.05, 3.63) is 24.8 Å². The lowest BCUT2D eigenvalue weighted by Gasteiger charge is -2.18. The molecule has 0 amide bonds. The van der Waals surface area contributed by atoms with Crippen molar-refractivity contribution in [3.63, 3.8) is 0 Å². The van der Waals surface area contributed by atoms with Gasteiger partial charge in [0, 0.05) is 6.20 Å². The molecule has 19 heavy (non-hydrogen) atoms. The molecule has 2 aromatic heterocycles. The van der Waals surface area contributed by atoms with Crippen molar-refractivity contribution in [2.24, 2.45) is 10.2 Å². The highest BCUT2D eigenvalue weighted by atomic mass is 16.6. The molecule has 8 nitrogen and oxygen atoms in total. The monoisotopic (exact) mass is 262 g/mol. The first-order valence-corrected chi connectivity index (χ1v) is 5.62. The van der Waals surface area contributed by atoms with Gasteiger partial charge in [-0.25, -0.2) is 4.79 Å². The minimum Gasteiger partial charge on any atom is -0.442 e. The van der Waals surface area contributed by atoms with Crippen LogP contribution in [0.3, 0.4) is 0 Å².